The van der Waals surface area contributed by atoms with Gasteiger partial charge in [-0.05, 0) is 36.6 Å². The summed E-state index contributed by atoms with van der Waals surface area (Å²) in [5, 5.41) is 0. The van der Waals surface area contributed by atoms with Crippen LogP contribution < -0.4 is 18.9 Å². The van der Waals surface area contributed by atoms with Crippen LogP contribution in [0.3, 0.4) is 0 Å². The quantitative estimate of drug-likeness (QED) is 0.169. The van der Waals surface area contributed by atoms with Crippen LogP contribution in [0.1, 0.15) is 63.8 Å². The molecule has 2 aromatic rings. The summed E-state index contributed by atoms with van der Waals surface area (Å²) >= 11 is 0. The van der Waals surface area contributed by atoms with Crippen LogP contribution >= 0.6 is 0 Å². The van der Waals surface area contributed by atoms with Gasteiger partial charge in [0.1, 0.15) is 47.9 Å². The van der Waals surface area contributed by atoms with Crippen molar-refractivity contribution >= 4 is 29.8 Å². The van der Waals surface area contributed by atoms with Gasteiger partial charge in [0.15, 0.2) is 6.10 Å². The topological polar surface area (TPSA) is 178 Å². The molecule has 0 aliphatic carbocycles. The lowest BCUT2D eigenvalue weighted by Gasteiger charge is -2.44. The summed E-state index contributed by atoms with van der Waals surface area (Å²) in [6.45, 7) is 5.93. The van der Waals surface area contributed by atoms with E-state index in [0.29, 0.717) is 35.5 Å². The number of carbonyl (C=O) groups is 5. The highest BCUT2D eigenvalue weighted by atomic mass is 16.7. The van der Waals surface area contributed by atoms with Gasteiger partial charge in [-0.2, -0.15) is 0 Å². The minimum atomic E-state index is -1.40. The van der Waals surface area contributed by atoms with Crippen molar-refractivity contribution in [1.29, 1.82) is 0 Å². The Kier molecular flexibility index (Phi) is 13.0. The highest BCUT2D eigenvalue weighted by Crippen LogP contribution is 2.44. The van der Waals surface area contributed by atoms with Crippen molar-refractivity contribution in [2.45, 2.75) is 90.7 Å². The molecular formula is C35H42O15. The zero-order valence-corrected chi connectivity index (χ0v) is 29.0. The predicted octanol–water partition coefficient (Wildman–Crippen LogP) is 3.34. The lowest BCUT2D eigenvalue weighted by atomic mass is 9.93. The van der Waals surface area contributed by atoms with E-state index in [1.54, 1.807) is 24.3 Å². The van der Waals surface area contributed by atoms with Crippen molar-refractivity contribution in [3.63, 3.8) is 0 Å². The van der Waals surface area contributed by atoms with Crippen molar-refractivity contribution in [3.05, 3.63) is 47.0 Å². The van der Waals surface area contributed by atoms with E-state index >= 15 is 0 Å². The number of esters is 5. The van der Waals surface area contributed by atoms with Crippen molar-refractivity contribution in [2.75, 3.05) is 27.4 Å². The van der Waals surface area contributed by atoms with Gasteiger partial charge in [0, 0.05) is 65.3 Å². The van der Waals surface area contributed by atoms with Gasteiger partial charge in [0.25, 0.3) is 0 Å². The molecule has 15 heteroatoms. The Bertz CT molecular complexity index is 1570. The Hall–Kier alpha value is -4.89. The molecule has 1 fully saturated rings. The van der Waals surface area contributed by atoms with E-state index in [-0.39, 0.29) is 31.1 Å². The Balaban J connectivity index is 1.74. The molecule has 2 heterocycles. The summed E-state index contributed by atoms with van der Waals surface area (Å²) in [6.07, 6.45) is -5.28. The van der Waals surface area contributed by atoms with Crippen LogP contribution in [0, 0.1) is 0 Å². The second-order valence-electron chi connectivity index (χ2n) is 11.6. The zero-order chi connectivity index (χ0) is 36.5. The van der Waals surface area contributed by atoms with Crippen LogP contribution in [-0.4, -0.2) is 88.0 Å². The van der Waals surface area contributed by atoms with Gasteiger partial charge in [0.05, 0.1) is 13.7 Å². The molecule has 0 N–H and O–H groups in total. The van der Waals surface area contributed by atoms with Gasteiger partial charge in [-0.3, -0.25) is 24.0 Å². The lowest BCUT2D eigenvalue weighted by molar-refractivity contribution is -0.289. The average Bonchev–Trinajstić information content (AvgIpc) is 3.05. The summed E-state index contributed by atoms with van der Waals surface area (Å²) in [4.78, 5) is 59.7. The summed E-state index contributed by atoms with van der Waals surface area (Å²) in [5.74, 6) is -1.57. The molecule has 0 bridgehead atoms. The molecule has 0 amide bonds. The fourth-order valence-electron chi connectivity index (χ4n) is 5.86. The maximum Gasteiger partial charge on any atom is 0.308 e. The van der Waals surface area contributed by atoms with Gasteiger partial charge >= 0.3 is 29.8 Å². The number of rotatable bonds is 13. The van der Waals surface area contributed by atoms with E-state index in [1.807, 2.05) is 6.07 Å². The number of benzene rings is 2. The van der Waals surface area contributed by atoms with Gasteiger partial charge in [-0.1, -0.05) is 6.07 Å². The van der Waals surface area contributed by atoms with Gasteiger partial charge < -0.3 is 47.4 Å². The number of hydrogen-bond acceptors (Lipinski definition) is 15. The van der Waals surface area contributed by atoms with Crippen LogP contribution in [0.25, 0.3) is 0 Å². The molecule has 2 aromatic carbocycles. The second-order valence-corrected chi connectivity index (χ2v) is 11.6. The molecule has 0 saturated carbocycles. The first-order valence-corrected chi connectivity index (χ1v) is 15.9. The van der Waals surface area contributed by atoms with Crippen molar-refractivity contribution in [3.8, 4) is 23.0 Å². The number of methoxy groups -OCH3 is 2. The Labute approximate surface area is 289 Å². The van der Waals surface area contributed by atoms with Crippen LogP contribution in [0.4, 0.5) is 0 Å². The molecule has 4 rings (SSSR count). The Morgan fingerprint density at radius 3 is 2.10 bits per heavy atom. The molecule has 15 nitrogen and oxygen atoms in total. The highest BCUT2D eigenvalue weighted by Gasteiger charge is 2.52. The predicted molar refractivity (Wildman–Crippen MR) is 171 cm³/mol. The van der Waals surface area contributed by atoms with Crippen LogP contribution in [0.5, 0.6) is 23.0 Å². The van der Waals surface area contributed by atoms with E-state index in [9.17, 15) is 24.0 Å². The number of ether oxygens (including phenoxy) is 10. The van der Waals surface area contributed by atoms with Gasteiger partial charge in [0.2, 0.25) is 12.4 Å². The summed E-state index contributed by atoms with van der Waals surface area (Å²) in [6, 6.07) is 8.57. The largest absolute Gasteiger partial charge is 0.497 e. The second kappa shape index (κ2) is 17.2. The molecule has 272 valence electrons. The first-order valence-electron chi connectivity index (χ1n) is 15.9. The molecule has 0 spiro atoms. The maximum absolute atomic E-state index is 12.3. The zero-order valence-electron chi connectivity index (χ0n) is 29.0. The molecule has 6 unspecified atom stereocenters. The van der Waals surface area contributed by atoms with Crippen molar-refractivity contribution in [1.82, 2.24) is 0 Å². The fraction of sp³-hybridized carbons (Fsp3) is 0.514. The lowest BCUT2D eigenvalue weighted by Crippen LogP contribution is -2.63. The molecule has 2 aliphatic heterocycles. The van der Waals surface area contributed by atoms with Crippen LogP contribution in [0.2, 0.25) is 0 Å². The number of fused-ring (bicyclic) bond motifs is 1. The molecule has 1 saturated heterocycles. The standard InChI is InChI=1S/C35H42O15/c1-18(36)43-15-14-26-28(45-20(3)38)13-9-23-8-12-27(48-31(23)26)25-11-10-24(41-6)16-29(25)49-35-34(47-22(5)40)33(46-21(4)39)32(42-7)30(50-35)17-44-19(2)37/h9-11,13,16,27,30,32-35H,8,12,14-15,17H2,1-7H3. The number of aryl methyl sites for hydroxylation is 1. The third kappa shape index (κ3) is 9.63. The Morgan fingerprint density at radius 2 is 1.48 bits per heavy atom. The number of carbonyl (C=O) groups excluding carboxylic acids is 5. The van der Waals surface area contributed by atoms with Crippen LogP contribution in [0.15, 0.2) is 30.3 Å². The maximum atomic E-state index is 12.3. The van der Waals surface area contributed by atoms with Crippen molar-refractivity contribution in [2.24, 2.45) is 0 Å². The molecule has 2 aliphatic rings. The fourth-order valence-corrected chi connectivity index (χ4v) is 5.86. The van der Waals surface area contributed by atoms with Crippen LogP contribution in [-0.2, 0) is 65.2 Å². The SMILES string of the molecule is COc1ccc(C2CCc3ccc(OC(C)=O)c(CCOC(C)=O)c3O2)c(OC2OC(COC(C)=O)C(OC)C(OC(C)=O)C2OC(C)=O)c1. The van der Waals surface area contributed by atoms with E-state index < -0.39 is 66.7 Å². The monoisotopic (exact) mass is 702 g/mol. The van der Waals surface area contributed by atoms with Crippen molar-refractivity contribution < 1.29 is 71.3 Å². The normalized spacial score (nSPS) is 22.5. The molecule has 50 heavy (non-hydrogen) atoms. The van der Waals surface area contributed by atoms with E-state index in [0.717, 1.165) is 5.56 Å². The van der Waals surface area contributed by atoms with E-state index in [1.165, 1.54) is 48.8 Å². The minimum Gasteiger partial charge on any atom is -0.497 e. The smallest absolute Gasteiger partial charge is 0.308 e. The molecule has 0 radical (unpaired) electrons. The summed E-state index contributed by atoms with van der Waals surface area (Å²) < 4.78 is 57.4. The minimum absolute atomic E-state index is 0.0298. The number of hydrogen-bond donors (Lipinski definition) is 0. The third-order valence-corrected chi connectivity index (χ3v) is 7.88. The van der Waals surface area contributed by atoms with Gasteiger partial charge in [-0.25, -0.2) is 0 Å². The first kappa shape index (κ1) is 37.9. The van der Waals surface area contributed by atoms with E-state index in [4.69, 9.17) is 47.4 Å². The van der Waals surface area contributed by atoms with Gasteiger partial charge in [-0.15, -0.1) is 0 Å². The first-order chi connectivity index (χ1) is 23.8. The molecule has 6 atom stereocenters. The highest BCUT2D eigenvalue weighted by molar-refractivity contribution is 5.71. The summed E-state index contributed by atoms with van der Waals surface area (Å²) in [5.41, 5.74) is 1.97. The Morgan fingerprint density at radius 1 is 0.780 bits per heavy atom. The molecular weight excluding hydrogens is 660 g/mol. The molecule has 0 aromatic heterocycles. The average molecular weight is 703 g/mol. The summed E-state index contributed by atoms with van der Waals surface area (Å²) in [7, 11) is 2.83. The third-order valence-electron chi connectivity index (χ3n) is 7.88. The van der Waals surface area contributed by atoms with E-state index in [2.05, 4.69) is 0 Å².